The van der Waals surface area contributed by atoms with E-state index in [-0.39, 0.29) is 29.9 Å². The normalized spacial score (nSPS) is 15.8. The molecule has 2 aliphatic heterocycles. The molecule has 8 heteroatoms. The fourth-order valence-electron chi connectivity index (χ4n) is 3.40. The number of hydrogen-bond donors (Lipinski definition) is 0. The highest BCUT2D eigenvalue weighted by Gasteiger charge is 2.32. The third-order valence-corrected chi connectivity index (χ3v) is 5.98. The topological polar surface area (TPSA) is 68.2 Å². The van der Waals surface area contributed by atoms with E-state index in [4.69, 9.17) is 9.47 Å². The Labute approximate surface area is 193 Å². The summed E-state index contributed by atoms with van der Waals surface area (Å²) in [7, 11) is 0. The van der Waals surface area contributed by atoms with Crippen molar-refractivity contribution < 1.29 is 23.5 Å². The van der Waals surface area contributed by atoms with E-state index in [0.29, 0.717) is 27.9 Å². The van der Waals surface area contributed by atoms with Crippen LogP contribution in [0.15, 0.2) is 83.5 Å². The Morgan fingerprint density at radius 1 is 1.03 bits per heavy atom. The summed E-state index contributed by atoms with van der Waals surface area (Å²) in [6.45, 7) is 0.129. The molecule has 0 atom stereocenters. The summed E-state index contributed by atoms with van der Waals surface area (Å²) in [6, 6.07) is 19.9. The Hall–Kier alpha value is -3.91. The Kier molecular flexibility index (Phi) is 5.66. The van der Waals surface area contributed by atoms with Gasteiger partial charge < -0.3 is 9.47 Å². The van der Waals surface area contributed by atoms with Crippen LogP contribution in [-0.2, 0) is 4.79 Å². The van der Waals surface area contributed by atoms with Crippen LogP contribution in [0.2, 0.25) is 0 Å². The molecule has 5 rings (SSSR count). The highest BCUT2D eigenvalue weighted by atomic mass is 32.2. The Bertz CT molecular complexity index is 1290. The highest BCUT2D eigenvalue weighted by molar-refractivity contribution is 8.14. The second kappa shape index (κ2) is 8.91. The molecule has 0 aliphatic carbocycles. The van der Waals surface area contributed by atoms with E-state index in [1.54, 1.807) is 24.3 Å². The number of Topliss-reactive ketones (excluding diaryl/α,β-unsaturated/α-hetero) is 1. The maximum Gasteiger partial charge on any atom is 0.283 e. The van der Waals surface area contributed by atoms with E-state index in [1.807, 2.05) is 30.3 Å². The van der Waals surface area contributed by atoms with Gasteiger partial charge in [0, 0.05) is 5.56 Å². The average Bonchev–Trinajstić information content (AvgIpc) is 3.43. The van der Waals surface area contributed by atoms with Crippen molar-refractivity contribution in [1.82, 2.24) is 0 Å². The summed E-state index contributed by atoms with van der Waals surface area (Å²) < 4.78 is 24.1. The van der Waals surface area contributed by atoms with Crippen LogP contribution in [0.1, 0.15) is 15.9 Å². The molecule has 0 unspecified atom stereocenters. The molecule has 0 saturated carbocycles. The molecular formula is C25H17FN2O4S. The van der Waals surface area contributed by atoms with Gasteiger partial charge in [-0.05, 0) is 54.1 Å². The first kappa shape index (κ1) is 21.0. The van der Waals surface area contributed by atoms with E-state index in [2.05, 4.69) is 4.99 Å². The van der Waals surface area contributed by atoms with Gasteiger partial charge in [0.2, 0.25) is 6.79 Å². The summed E-state index contributed by atoms with van der Waals surface area (Å²) >= 11 is 1.14. The number of nitrogens with zero attached hydrogens (tertiary/aromatic N) is 2. The molecule has 0 spiro atoms. The second-order valence-corrected chi connectivity index (χ2v) is 8.17. The largest absolute Gasteiger partial charge is 0.454 e. The molecule has 0 aromatic heterocycles. The molecule has 3 aromatic rings. The van der Waals surface area contributed by atoms with Gasteiger partial charge >= 0.3 is 0 Å². The first-order valence-electron chi connectivity index (χ1n) is 10.1. The van der Waals surface area contributed by atoms with Gasteiger partial charge in [0.15, 0.2) is 22.4 Å². The van der Waals surface area contributed by atoms with Crippen LogP contribution in [0.4, 0.5) is 10.1 Å². The number of anilines is 1. The molecule has 0 saturated heterocycles. The van der Waals surface area contributed by atoms with Crippen LogP contribution in [-0.4, -0.2) is 29.4 Å². The van der Waals surface area contributed by atoms with Gasteiger partial charge in [-0.25, -0.2) is 9.38 Å². The van der Waals surface area contributed by atoms with Crippen molar-refractivity contribution in [2.45, 2.75) is 0 Å². The molecule has 6 nitrogen and oxygen atoms in total. The molecule has 164 valence electrons. The van der Waals surface area contributed by atoms with Crippen molar-refractivity contribution in [1.29, 1.82) is 0 Å². The average molecular weight is 460 g/mol. The number of hydrogen-bond acceptors (Lipinski definition) is 6. The minimum atomic E-state index is -0.408. The van der Waals surface area contributed by atoms with Gasteiger partial charge in [-0.2, -0.15) is 0 Å². The quantitative estimate of drug-likeness (QED) is 0.400. The number of amidine groups is 1. The minimum absolute atomic E-state index is 0.0576. The summed E-state index contributed by atoms with van der Waals surface area (Å²) in [5.74, 6) is 0.289. The van der Waals surface area contributed by atoms with Crippen molar-refractivity contribution in [3.05, 3.63) is 95.4 Å². The lowest BCUT2D eigenvalue weighted by Crippen LogP contribution is -2.30. The third kappa shape index (κ3) is 4.38. The first-order chi connectivity index (χ1) is 16.1. The Morgan fingerprint density at radius 3 is 2.58 bits per heavy atom. The van der Waals surface area contributed by atoms with Crippen molar-refractivity contribution in [2.24, 2.45) is 4.99 Å². The SMILES string of the molecule is O=C(CSC1=N/C(=C/c2ccccc2)C(=O)N1c1ccc(F)cc1)c1ccc2c(c1)OCO2. The minimum Gasteiger partial charge on any atom is -0.454 e. The number of fused-ring (bicyclic) bond motifs is 1. The molecule has 0 bridgehead atoms. The number of carbonyl (C=O) groups excluding carboxylic acids is 2. The monoisotopic (exact) mass is 460 g/mol. The summed E-state index contributed by atoms with van der Waals surface area (Å²) in [5, 5.41) is 0.350. The summed E-state index contributed by atoms with van der Waals surface area (Å²) in [5.41, 5.74) is 2.01. The van der Waals surface area contributed by atoms with Crippen LogP contribution in [0.25, 0.3) is 6.08 Å². The van der Waals surface area contributed by atoms with Gasteiger partial charge in [0.05, 0.1) is 11.4 Å². The van der Waals surface area contributed by atoms with Gasteiger partial charge in [0.25, 0.3) is 5.91 Å². The molecule has 3 aromatic carbocycles. The van der Waals surface area contributed by atoms with E-state index >= 15 is 0 Å². The van der Waals surface area contributed by atoms with Gasteiger partial charge in [0.1, 0.15) is 11.5 Å². The lowest BCUT2D eigenvalue weighted by Gasteiger charge is -2.17. The standard InChI is InChI=1S/C25H17FN2O4S/c26-18-7-9-19(10-8-18)28-24(30)20(12-16-4-2-1-3-5-16)27-25(28)33-14-21(29)17-6-11-22-23(13-17)32-15-31-22/h1-13H,14-15H2/b20-12+. The van der Waals surface area contributed by atoms with Crippen LogP contribution in [0.5, 0.6) is 11.5 Å². The maximum absolute atomic E-state index is 13.5. The van der Waals surface area contributed by atoms with E-state index in [0.717, 1.165) is 17.3 Å². The Balaban J connectivity index is 1.41. The van der Waals surface area contributed by atoms with Crippen molar-refractivity contribution in [3.8, 4) is 11.5 Å². The lowest BCUT2D eigenvalue weighted by molar-refractivity contribution is -0.113. The lowest BCUT2D eigenvalue weighted by atomic mass is 10.1. The number of amides is 1. The molecule has 0 N–H and O–H groups in total. The third-order valence-electron chi connectivity index (χ3n) is 5.04. The number of thioether (sulfide) groups is 1. The predicted octanol–water partition coefficient (Wildman–Crippen LogP) is 4.91. The molecule has 1 amide bonds. The van der Waals surface area contributed by atoms with Gasteiger partial charge in [-0.1, -0.05) is 42.1 Å². The van der Waals surface area contributed by atoms with Crippen molar-refractivity contribution in [3.63, 3.8) is 0 Å². The van der Waals surface area contributed by atoms with E-state index in [1.165, 1.54) is 29.2 Å². The Morgan fingerprint density at radius 2 is 1.79 bits per heavy atom. The molecular weight excluding hydrogens is 443 g/mol. The fourth-order valence-corrected chi connectivity index (χ4v) is 4.31. The van der Waals surface area contributed by atoms with Crippen molar-refractivity contribution >= 4 is 40.4 Å². The number of rotatable bonds is 5. The van der Waals surface area contributed by atoms with E-state index < -0.39 is 5.82 Å². The number of ether oxygens (including phenoxy) is 2. The predicted molar refractivity (Wildman–Crippen MR) is 125 cm³/mol. The zero-order valence-electron chi connectivity index (χ0n) is 17.2. The van der Waals surface area contributed by atoms with Gasteiger partial charge in [-0.3, -0.25) is 14.5 Å². The second-order valence-electron chi connectivity index (χ2n) is 7.23. The molecule has 0 radical (unpaired) electrons. The molecule has 33 heavy (non-hydrogen) atoms. The zero-order valence-corrected chi connectivity index (χ0v) is 18.0. The van der Waals surface area contributed by atoms with Crippen molar-refractivity contribution in [2.75, 3.05) is 17.4 Å². The summed E-state index contributed by atoms with van der Waals surface area (Å²) in [4.78, 5) is 31.9. The van der Waals surface area contributed by atoms with Crippen LogP contribution in [0.3, 0.4) is 0 Å². The van der Waals surface area contributed by atoms with Gasteiger partial charge in [-0.15, -0.1) is 0 Å². The smallest absolute Gasteiger partial charge is 0.283 e. The van der Waals surface area contributed by atoms with Crippen LogP contribution >= 0.6 is 11.8 Å². The summed E-state index contributed by atoms with van der Waals surface area (Å²) in [6.07, 6.45) is 1.69. The molecule has 2 aliphatic rings. The number of halogens is 1. The molecule has 0 fully saturated rings. The first-order valence-corrected chi connectivity index (χ1v) is 11.1. The zero-order chi connectivity index (χ0) is 22.8. The molecule has 2 heterocycles. The van der Waals surface area contributed by atoms with E-state index in [9.17, 15) is 14.0 Å². The number of benzene rings is 3. The van der Waals surface area contributed by atoms with Crippen LogP contribution in [0, 0.1) is 5.82 Å². The number of carbonyl (C=O) groups is 2. The maximum atomic E-state index is 13.5. The van der Waals surface area contributed by atoms with Crippen LogP contribution < -0.4 is 14.4 Å². The fraction of sp³-hybridized carbons (Fsp3) is 0.0800. The highest BCUT2D eigenvalue weighted by Crippen LogP contribution is 2.34. The number of ketones is 1. The number of aliphatic imine (C=N–C) groups is 1.